The average molecular weight is 565 g/mol. The van der Waals surface area contributed by atoms with Crippen molar-refractivity contribution in [1.82, 2.24) is 29.2 Å². The largest absolute Gasteiger partial charge is 0.368 e. The predicted molar refractivity (Wildman–Crippen MR) is 156 cm³/mol. The van der Waals surface area contributed by atoms with E-state index in [0.29, 0.717) is 55.1 Å². The van der Waals surface area contributed by atoms with E-state index >= 15 is 0 Å². The Kier molecular flexibility index (Phi) is 9.87. The Hall–Kier alpha value is -4.06. The monoisotopic (exact) mass is 564 g/mol. The van der Waals surface area contributed by atoms with Crippen molar-refractivity contribution >= 4 is 30.0 Å². The fourth-order valence-corrected chi connectivity index (χ4v) is 5.54. The van der Waals surface area contributed by atoms with Gasteiger partial charge in [-0.05, 0) is 44.1 Å². The zero-order valence-corrected chi connectivity index (χ0v) is 24.3. The molecule has 2 saturated heterocycles. The van der Waals surface area contributed by atoms with Crippen molar-refractivity contribution in [2.24, 2.45) is 4.99 Å². The zero-order chi connectivity index (χ0) is 29.5. The molecule has 3 fully saturated rings. The van der Waals surface area contributed by atoms with Crippen molar-refractivity contribution < 1.29 is 19.1 Å². The van der Waals surface area contributed by atoms with Crippen molar-refractivity contribution in [2.45, 2.75) is 50.9 Å². The van der Waals surface area contributed by atoms with E-state index in [4.69, 9.17) is 9.72 Å². The van der Waals surface area contributed by atoms with Gasteiger partial charge < -0.3 is 29.3 Å². The van der Waals surface area contributed by atoms with Gasteiger partial charge in [0.15, 0.2) is 0 Å². The van der Waals surface area contributed by atoms with E-state index in [9.17, 15) is 14.4 Å². The van der Waals surface area contributed by atoms with Gasteiger partial charge in [0.1, 0.15) is 17.4 Å². The molecule has 12 nitrogen and oxygen atoms in total. The second-order valence-electron chi connectivity index (χ2n) is 10.8. The molecule has 3 heterocycles. The molecule has 3 aliphatic rings. The summed E-state index contributed by atoms with van der Waals surface area (Å²) in [7, 11) is 5.11. The lowest BCUT2D eigenvalue weighted by molar-refractivity contribution is -0.160. The summed E-state index contributed by atoms with van der Waals surface area (Å²) in [5, 5.41) is 3.13. The van der Waals surface area contributed by atoms with Crippen LogP contribution in [0.2, 0.25) is 0 Å². The number of carbonyl (C=O) groups is 3. The first-order valence-corrected chi connectivity index (χ1v) is 14.0. The van der Waals surface area contributed by atoms with Gasteiger partial charge in [0.2, 0.25) is 12.4 Å². The summed E-state index contributed by atoms with van der Waals surface area (Å²) in [6, 6.07) is 3.70. The minimum Gasteiger partial charge on any atom is -0.368 e. The number of amidine groups is 1. The average Bonchev–Trinajstić information content (AvgIpc) is 3.50. The third kappa shape index (κ3) is 7.37. The predicted octanol–water partition coefficient (Wildman–Crippen LogP) is 2.15. The molecule has 2 unspecified atom stereocenters. The molecule has 4 rings (SSSR count). The molecule has 1 aromatic rings. The van der Waals surface area contributed by atoms with Crippen molar-refractivity contribution in [3.63, 3.8) is 0 Å². The molecule has 2 atom stereocenters. The molecule has 12 heteroatoms. The van der Waals surface area contributed by atoms with E-state index < -0.39 is 0 Å². The molecule has 1 N–H and O–H groups in total. The molecule has 41 heavy (non-hydrogen) atoms. The number of anilines is 1. The highest BCUT2D eigenvalue weighted by atomic mass is 16.5. The quantitative estimate of drug-likeness (QED) is 0.177. The Morgan fingerprint density at radius 3 is 2.44 bits per heavy atom. The van der Waals surface area contributed by atoms with Crippen molar-refractivity contribution in [2.75, 3.05) is 52.6 Å². The van der Waals surface area contributed by atoms with Crippen LogP contribution in [0.25, 0.3) is 0 Å². The summed E-state index contributed by atoms with van der Waals surface area (Å²) in [6.45, 7) is 7.59. The lowest BCUT2D eigenvalue weighted by atomic mass is 10.1. The summed E-state index contributed by atoms with van der Waals surface area (Å²) >= 11 is 0. The fraction of sp³-hybridized carbons (Fsp3) is 0.517. The second kappa shape index (κ2) is 13.5. The van der Waals surface area contributed by atoms with Crippen LogP contribution in [0.5, 0.6) is 0 Å². The maximum absolute atomic E-state index is 13.1. The highest BCUT2D eigenvalue weighted by molar-refractivity contribution is 6.05. The number of amides is 3. The van der Waals surface area contributed by atoms with Crippen LogP contribution in [0.15, 0.2) is 47.6 Å². The van der Waals surface area contributed by atoms with Gasteiger partial charge in [0.05, 0.1) is 12.2 Å². The van der Waals surface area contributed by atoms with Crippen molar-refractivity contribution in [1.29, 1.82) is 0 Å². The Labute approximate surface area is 241 Å². The van der Waals surface area contributed by atoms with Crippen LogP contribution in [0.3, 0.4) is 0 Å². The summed E-state index contributed by atoms with van der Waals surface area (Å²) < 4.78 is 7.91. The SMILES string of the molecule is C=C(/C=C\C(=NC)Nc1ncccc(C(=O)N(C)C)n(C2CCCC2)c(C)n1)C(=O)N1CC2CN(C=O)CC(C1)O2. The van der Waals surface area contributed by atoms with Crippen molar-refractivity contribution in [3.05, 3.63) is 54.2 Å². The maximum Gasteiger partial charge on any atom is 0.270 e. The number of nitrogens with one attached hydrogen (secondary N) is 1. The molecule has 3 amide bonds. The molecule has 0 radical (unpaired) electrons. The highest BCUT2D eigenvalue weighted by Crippen LogP contribution is 2.31. The van der Waals surface area contributed by atoms with E-state index in [-0.39, 0.29) is 30.1 Å². The number of morpholine rings is 2. The van der Waals surface area contributed by atoms with E-state index in [1.165, 1.54) is 0 Å². The number of aliphatic imine (C=N–C) groups is 1. The van der Waals surface area contributed by atoms with Gasteiger partial charge in [-0.25, -0.2) is 4.98 Å². The van der Waals surface area contributed by atoms with Gasteiger partial charge in [0.25, 0.3) is 11.8 Å². The number of aryl methyl sites for hydroxylation is 1. The number of fused-ring (bicyclic) bond motifs is 2. The molecule has 1 aliphatic carbocycles. The Bertz CT molecular complexity index is 1270. The first kappa shape index (κ1) is 29.9. The number of rotatable bonds is 7. The minimum atomic E-state index is -0.203. The topological polar surface area (TPSA) is 125 Å². The molecule has 2 aliphatic heterocycles. The van der Waals surface area contributed by atoms with Crippen LogP contribution >= 0.6 is 0 Å². The maximum atomic E-state index is 13.1. The highest BCUT2D eigenvalue weighted by Gasteiger charge is 2.36. The van der Waals surface area contributed by atoms with Gasteiger partial charge in [-0.15, -0.1) is 0 Å². The molecular weight excluding hydrogens is 524 g/mol. The Morgan fingerprint density at radius 1 is 1.15 bits per heavy atom. The number of nitrogens with zero attached hydrogens (tertiary/aromatic N) is 7. The Morgan fingerprint density at radius 2 is 1.83 bits per heavy atom. The van der Waals surface area contributed by atoms with Gasteiger partial charge in [0, 0.05) is 65.1 Å². The molecule has 1 saturated carbocycles. The first-order chi connectivity index (χ1) is 19.7. The van der Waals surface area contributed by atoms with Crippen molar-refractivity contribution in [3.8, 4) is 0 Å². The Balaban J connectivity index is 1.51. The van der Waals surface area contributed by atoms with Crippen LogP contribution in [0, 0.1) is 6.92 Å². The number of ether oxygens (including phenoxy) is 1. The zero-order valence-electron chi connectivity index (χ0n) is 24.3. The van der Waals surface area contributed by atoms with Crippen LogP contribution < -0.4 is 5.32 Å². The van der Waals surface area contributed by atoms with E-state index in [1.807, 2.05) is 11.5 Å². The molecular formula is C29H40N8O4. The van der Waals surface area contributed by atoms with Crippen LogP contribution in [0.4, 0.5) is 5.95 Å². The summed E-state index contributed by atoms with van der Waals surface area (Å²) in [5.74, 6) is 1.10. The van der Waals surface area contributed by atoms with E-state index in [1.54, 1.807) is 66.3 Å². The van der Waals surface area contributed by atoms with Crippen LogP contribution in [-0.2, 0) is 14.3 Å². The summed E-state index contributed by atoms with van der Waals surface area (Å²) in [6.07, 6.45) is 9.46. The van der Waals surface area contributed by atoms with Gasteiger partial charge >= 0.3 is 0 Å². The lowest BCUT2D eigenvalue weighted by Crippen LogP contribution is -2.60. The van der Waals surface area contributed by atoms with Gasteiger partial charge in [-0.1, -0.05) is 19.4 Å². The third-order valence-corrected chi connectivity index (χ3v) is 7.47. The minimum absolute atomic E-state index is 0.0978. The van der Waals surface area contributed by atoms with Gasteiger partial charge in [-0.2, -0.15) is 4.98 Å². The number of hydrogen-bond donors (Lipinski definition) is 1. The van der Waals surface area contributed by atoms with E-state index in [0.717, 1.165) is 32.1 Å². The number of hydrogen-bond acceptors (Lipinski definition) is 7. The van der Waals surface area contributed by atoms with E-state index in [2.05, 4.69) is 21.9 Å². The smallest absolute Gasteiger partial charge is 0.270 e. The molecule has 0 spiro atoms. The summed E-state index contributed by atoms with van der Waals surface area (Å²) in [4.78, 5) is 55.8. The standard InChI is InChI=1S/C29H40N8O4/c1-20(27(39)36-17-23-15-35(19-38)16-24(18-36)41-23)12-13-26(30-3)33-29-31-14-8-11-25(28(40)34(4)5)37(21(2)32-29)22-9-6-7-10-22/h8,11-14,19,22-24H,1,6-7,9-10,15-18H2,2-5H3,(H,30,31,33)/b13-12-,14-8?,25-11?,32-21?. The fourth-order valence-electron chi connectivity index (χ4n) is 5.54. The summed E-state index contributed by atoms with van der Waals surface area (Å²) in [5.41, 5.74) is 0.862. The molecule has 220 valence electrons. The molecule has 0 aromatic carbocycles. The van der Waals surface area contributed by atoms with Gasteiger partial charge in [-0.3, -0.25) is 19.4 Å². The third-order valence-electron chi connectivity index (χ3n) is 7.47. The number of carbonyl (C=O) groups excluding carboxylic acids is 3. The van der Waals surface area contributed by atoms with Crippen LogP contribution in [0.1, 0.15) is 48.0 Å². The molecule has 1 aromatic heterocycles. The number of aromatic nitrogens is 3. The normalized spacial score (nSPS) is 21.0. The van der Waals surface area contributed by atoms with Crippen LogP contribution in [-0.4, -0.2) is 113 Å². The molecule has 2 bridgehead atoms. The lowest BCUT2D eigenvalue weighted by Gasteiger charge is -2.44. The second-order valence-corrected chi connectivity index (χ2v) is 10.8. The first-order valence-electron chi connectivity index (χ1n) is 14.0.